The average molecular weight is 1620 g/mol. The third-order valence-corrected chi connectivity index (χ3v) is 20.4. The number of rotatable bonds is 12. The molecule has 2 amide bonds. The van der Waals surface area contributed by atoms with Gasteiger partial charge in [0.1, 0.15) is 46.3 Å². The topological polar surface area (TPSA) is 248 Å². The standard InChI is InChI=1S/C24H20N2O3.C24H20N2O2.C23H17BrN2O2.C22H15BrN2O3/c1-15-10-12-18(13-11-15)21(27)19-20(17-8-4-3-5-9-17)26(24(29)22(19)28)23-16(2)7-6-14-25-23;1-16-11-13-19(14-12-16)24(28)21-22(18-8-4-3-5-9-18)26(17(2)23(21)27)20-10-6-7-15-25-20;1-15-22(27)20(23(28)17-10-12-18(24)13-11-17)21(16-7-3-2-4-8-16)26(15)19-9-5-6-14-25-19;23-16-11-9-14(10-12-16)19-18(20(26)15-6-2-1-3-7-15)21(27)22(28)25(19)17-8-4-5-13-24-17/h3-14,20,27H,1-2H3;3-15,22,28H,2H2,1H3;2-14,21,28H,1H2;1-13,19,26H. The summed E-state index contributed by atoms with van der Waals surface area (Å²) in [5, 5.41) is 44.1. The number of aliphatic hydroxyl groups is 4. The summed E-state index contributed by atoms with van der Waals surface area (Å²) in [6, 6.07) is 83.5. The van der Waals surface area contributed by atoms with E-state index in [1.54, 1.807) is 107 Å². The lowest BCUT2D eigenvalue weighted by Gasteiger charge is -2.26. The SMILES string of the molecule is C=C1C(=O)C(=C(O)c2ccc(Br)cc2)C(c2ccccc2)N1c1ccccn1.C=C1C(=O)C(=C(O)c2ccc(C)cc2)C(c2ccccc2)N1c1ccccn1.Cc1ccc(C(O)=C2C(=O)C(=O)N(c3ncccc3C)C2c2ccccc2)cc1.O=C1C(=O)N(c2ccccn2)C(c2ccc(Br)cc2)C1=C(O)c1ccccc1. The van der Waals surface area contributed by atoms with E-state index in [4.69, 9.17) is 0 Å². The Morgan fingerprint density at radius 3 is 0.947 bits per heavy atom. The molecule has 0 bridgehead atoms. The van der Waals surface area contributed by atoms with Gasteiger partial charge in [-0.1, -0.05) is 275 Å². The molecular formula is C93H72Br2N8O10. The van der Waals surface area contributed by atoms with Gasteiger partial charge in [0, 0.05) is 56.0 Å². The quantitative estimate of drug-likeness (QED) is 0.0504. The van der Waals surface area contributed by atoms with Crippen LogP contribution in [0.3, 0.4) is 0 Å². The van der Waals surface area contributed by atoms with Crippen molar-refractivity contribution in [3.63, 3.8) is 0 Å². The summed E-state index contributed by atoms with van der Waals surface area (Å²) in [6.45, 7) is 13.7. The van der Waals surface area contributed by atoms with Gasteiger partial charge in [0.2, 0.25) is 11.6 Å². The van der Waals surface area contributed by atoms with Crippen molar-refractivity contribution in [1.29, 1.82) is 0 Å². The summed E-state index contributed by atoms with van der Waals surface area (Å²) in [6.07, 6.45) is 6.50. The molecular weight excluding hydrogens is 1550 g/mol. The van der Waals surface area contributed by atoms with E-state index in [0.29, 0.717) is 67.9 Å². The van der Waals surface area contributed by atoms with Crippen molar-refractivity contribution in [2.75, 3.05) is 19.6 Å². The summed E-state index contributed by atoms with van der Waals surface area (Å²) in [4.78, 5) is 102. The number of benzene rings is 8. The largest absolute Gasteiger partial charge is 0.507 e. The Kier molecular flexibility index (Phi) is 23.5. The molecule has 4 atom stereocenters. The van der Waals surface area contributed by atoms with Gasteiger partial charge in [-0.3, -0.25) is 38.6 Å². The molecule has 0 spiro atoms. The first-order valence-corrected chi connectivity index (χ1v) is 37.3. The fourth-order valence-corrected chi connectivity index (χ4v) is 14.3. The minimum atomic E-state index is -0.775. The van der Waals surface area contributed by atoms with Gasteiger partial charge in [0.05, 0.1) is 57.9 Å². The van der Waals surface area contributed by atoms with Gasteiger partial charge in [-0.2, -0.15) is 0 Å². The number of hydrogen-bond donors (Lipinski definition) is 4. The Hall–Kier alpha value is -13.8. The molecule has 4 N–H and O–H groups in total. The van der Waals surface area contributed by atoms with Crippen LogP contribution in [-0.4, -0.2) is 75.3 Å². The number of anilines is 4. The van der Waals surface area contributed by atoms with Crippen LogP contribution in [0.5, 0.6) is 0 Å². The fourth-order valence-electron chi connectivity index (χ4n) is 13.8. The molecule has 4 fully saturated rings. The maximum Gasteiger partial charge on any atom is 0.301 e. The molecule has 4 unspecified atom stereocenters. The predicted octanol–water partition coefficient (Wildman–Crippen LogP) is 19.3. The smallest absolute Gasteiger partial charge is 0.301 e. The molecule has 0 radical (unpaired) electrons. The molecule has 20 heteroatoms. The van der Waals surface area contributed by atoms with Crippen LogP contribution in [0.2, 0.25) is 0 Å². The van der Waals surface area contributed by atoms with Crippen LogP contribution in [0.25, 0.3) is 23.0 Å². The highest BCUT2D eigenvalue weighted by Gasteiger charge is 2.50. The van der Waals surface area contributed by atoms with Gasteiger partial charge in [0.25, 0.3) is 11.6 Å². The maximum absolute atomic E-state index is 13.2. The second kappa shape index (κ2) is 34.4. The van der Waals surface area contributed by atoms with Crippen LogP contribution in [0.4, 0.5) is 23.3 Å². The van der Waals surface area contributed by atoms with Gasteiger partial charge in [0.15, 0.2) is 0 Å². The average Bonchev–Trinajstić information content (AvgIpc) is 1.65. The number of allylic oxidation sites excluding steroid dienone is 2. The number of pyridine rings is 4. The van der Waals surface area contributed by atoms with Crippen molar-refractivity contribution < 1.29 is 49.2 Å². The molecule has 16 rings (SSSR count). The Morgan fingerprint density at radius 2 is 0.584 bits per heavy atom. The number of carbonyl (C=O) groups excluding carboxylic acids is 6. The third kappa shape index (κ3) is 16.1. The molecule has 18 nitrogen and oxygen atoms in total. The van der Waals surface area contributed by atoms with E-state index in [1.807, 2.05) is 233 Å². The molecule has 4 saturated heterocycles. The fraction of sp³-hybridized carbons (Fsp3) is 0.0753. The minimum Gasteiger partial charge on any atom is -0.507 e. The van der Waals surface area contributed by atoms with Gasteiger partial charge in [-0.25, -0.2) is 19.9 Å². The van der Waals surface area contributed by atoms with Gasteiger partial charge < -0.3 is 30.2 Å². The molecule has 0 saturated carbocycles. The number of ketones is 4. The maximum atomic E-state index is 13.2. The lowest BCUT2D eigenvalue weighted by molar-refractivity contribution is -0.132. The van der Waals surface area contributed by atoms with Crippen LogP contribution in [0.15, 0.2) is 366 Å². The van der Waals surface area contributed by atoms with Crippen LogP contribution in [0.1, 0.15) is 85.4 Å². The summed E-state index contributed by atoms with van der Waals surface area (Å²) < 4.78 is 1.76. The molecule has 113 heavy (non-hydrogen) atoms. The lowest BCUT2D eigenvalue weighted by atomic mass is 9.95. The van der Waals surface area contributed by atoms with E-state index < -0.39 is 47.5 Å². The molecule has 4 aliphatic rings. The number of aryl methyl sites for hydroxylation is 3. The highest BCUT2D eigenvalue weighted by molar-refractivity contribution is 9.10. The number of Topliss-reactive ketones (excluding diaryl/α,β-unsaturated/α-hetero) is 4. The number of amides is 2. The number of aliphatic hydroxyl groups excluding tert-OH is 4. The van der Waals surface area contributed by atoms with E-state index in [-0.39, 0.29) is 51.4 Å². The van der Waals surface area contributed by atoms with Gasteiger partial charge >= 0.3 is 11.8 Å². The van der Waals surface area contributed by atoms with Crippen molar-refractivity contribution >= 4 is 113 Å². The van der Waals surface area contributed by atoms with Crippen LogP contribution < -0.4 is 19.6 Å². The van der Waals surface area contributed by atoms with Crippen LogP contribution >= 0.6 is 31.9 Å². The zero-order chi connectivity index (χ0) is 79.6. The first-order chi connectivity index (χ1) is 54.7. The molecule has 8 heterocycles. The first kappa shape index (κ1) is 77.3. The van der Waals surface area contributed by atoms with E-state index >= 15 is 0 Å². The van der Waals surface area contributed by atoms with Crippen LogP contribution in [-0.2, 0) is 28.8 Å². The minimum absolute atomic E-state index is 0.0292. The van der Waals surface area contributed by atoms with Crippen molar-refractivity contribution in [1.82, 2.24) is 19.9 Å². The van der Waals surface area contributed by atoms with E-state index in [0.717, 1.165) is 42.3 Å². The van der Waals surface area contributed by atoms with Crippen molar-refractivity contribution in [3.05, 3.63) is 427 Å². The molecule has 4 aliphatic heterocycles. The highest BCUT2D eigenvalue weighted by atomic mass is 79.9. The molecule has 0 aliphatic carbocycles. The number of nitrogens with zero attached hydrogens (tertiary/aromatic N) is 8. The van der Waals surface area contributed by atoms with E-state index in [9.17, 15) is 49.2 Å². The Labute approximate surface area is 669 Å². The van der Waals surface area contributed by atoms with Gasteiger partial charge in [-0.15, -0.1) is 0 Å². The zero-order valence-electron chi connectivity index (χ0n) is 61.2. The summed E-state index contributed by atoms with van der Waals surface area (Å²) in [5.41, 5.74) is 9.50. The number of hydrogen-bond acceptors (Lipinski definition) is 16. The summed E-state index contributed by atoms with van der Waals surface area (Å²) in [5.74, 6) is -1.94. The van der Waals surface area contributed by atoms with Crippen molar-refractivity contribution in [2.45, 2.75) is 44.9 Å². The number of halogens is 2. The zero-order valence-corrected chi connectivity index (χ0v) is 64.4. The Morgan fingerprint density at radius 1 is 0.301 bits per heavy atom. The normalized spacial score (nSPS) is 18.4. The number of aromatic nitrogens is 4. The third-order valence-electron chi connectivity index (χ3n) is 19.3. The second-order valence-corrected chi connectivity index (χ2v) is 28.4. The van der Waals surface area contributed by atoms with Crippen LogP contribution in [0, 0.1) is 20.8 Å². The number of carbonyl (C=O) groups is 6. The highest BCUT2D eigenvalue weighted by Crippen LogP contribution is 2.49. The summed E-state index contributed by atoms with van der Waals surface area (Å²) in [7, 11) is 0. The van der Waals surface area contributed by atoms with E-state index in [1.165, 1.54) is 9.80 Å². The Balaban J connectivity index is 0.000000132. The second-order valence-electron chi connectivity index (χ2n) is 26.6. The summed E-state index contributed by atoms with van der Waals surface area (Å²) >= 11 is 6.79. The Bertz CT molecular complexity index is 5550. The monoisotopic (exact) mass is 1620 g/mol. The molecule has 4 aromatic heterocycles. The first-order valence-electron chi connectivity index (χ1n) is 35.8. The lowest BCUT2D eigenvalue weighted by Crippen LogP contribution is -2.30. The van der Waals surface area contributed by atoms with Crippen molar-refractivity contribution in [3.8, 4) is 0 Å². The van der Waals surface area contributed by atoms with Gasteiger partial charge in [-0.05, 0) is 115 Å². The molecule has 8 aromatic carbocycles. The van der Waals surface area contributed by atoms with E-state index in [2.05, 4.69) is 65.0 Å². The molecule has 558 valence electrons. The van der Waals surface area contributed by atoms with Crippen molar-refractivity contribution in [2.24, 2.45) is 0 Å². The predicted molar refractivity (Wildman–Crippen MR) is 445 cm³/mol. The molecule has 12 aromatic rings.